The molecule has 0 atom stereocenters. The summed E-state index contributed by atoms with van der Waals surface area (Å²) < 4.78 is 10.7. The van der Waals surface area contributed by atoms with Crippen molar-refractivity contribution >= 4 is 28.4 Å². The molecule has 1 N–H and O–H groups in total. The van der Waals surface area contributed by atoms with Gasteiger partial charge < -0.3 is 19.7 Å². The first-order chi connectivity index (χ1) is 17.7. The Labute approximate surface area is 207 Å². The maximum Gasteiger partial charge on any atom is 0.254 e. The lowest BCUT2D eigenvalue weighted by atomic mass is 9.94. The van der Waals surface area contributed by atoms with Crippen molar-refractivity contribution in [3.63, 3.8) is 0 Å². The zero-order valence-electron chi connectivity index (χ0n) is 19.5. The van der Waals surface area contributed by atoms with Crippen LogP contribution in [0.2, 0.25) is 0 Å². The zero-order valence-corrected chi connectivity index (χ0v) is 19.5. The van der Waals surface area contributed by atoms with Gasteiger partial charge in [0.05, 0.1) is 16.8 Å². The molecule has 0 saturated carbocycles. The highest BCUT2D eigenvalue weighted by Crippen LogP contribution is 2.34. The first-order valence-corrected chi connectivity index (χ1v) is 12.0. The van der Waals surface area contributed by atoms with E-state index in [4.69, 9.17) is 14.5 Å². The molecule has 2 aromatic carbocycles. The van der Waals surface area contributed by atoms with Gasteiger partial charge in [0.15, 0.2) is 11.5 Å². The molecule has 2 aromatic heterocycles. The Kier molecular flexibility index (Phi) is 5.69. The molecule has 0 unspecified atom stereocenters. The Morgan fingerprint density at radius 1 is 0.944 bits per heavy atom. The number of rotatable bonds is 4. The number of ether oxygens (including phenoxy) is 2. The van der Waals surface area contributed by atoms with Crippen LogP contribution in [0.3, 0.4) is 0 Å². The van der Waals surface area contributed by atoms with Gasteiger partial charge in [0, 0.05) is 54.1 Å². The number of likely N-dealkylation sites (tertiary alicyclic amines) is 1. The Hall–Kier alpha value is -4.46. The number of pyridine rings is 2. The Morgan fingerprint density at radius 3 is 2.61 bits per heavy atom. The van der Waals surface area contributed by atoms with Gasteiger partial charge in [-0.15, -0.1) is 0 Å². The standard InChI is InChI=1S/C28H24N4O4/c33-27(30-20-7-8-25-26(14-20)36-17-35-25)18-9-12-32(13-10-18)28(34)22-15-24(19-4-3-11-29-16-19)31-23-6-2-1-5-21(22)23/h1-8,11,14-16,18H,9-10,12-13,17H2,(H,30,33). The number of fused-ring (bicyclic) bond motifs is 2. The van der Waals surface area contributed by atoms with Crippen molar-refractivity contribution in [1.29, 1.82) is 0 Å². The van der Waals surface area contributed by atoms with Gasteiger partial charge in [0.1, 0.15) is 0 Å². The van der Waals surface area contributed by atoms with Crippen LogP contribution in [0, 0.1) is 5.92 Å². The second-order valence-electron chi connectivity index (χ2n) is 8.94. The number of para-hydroxylation sites is 1. The summed E-state index contributed by atoms with van der Waals surface area (Å²) in [5.74, 6) is 1.04. The summed E-state index contributed by atoms with van der Waals surface area (Å²) >= 11 is 0. The molecular weight excluding hydrogens is 456 g/mol. The van der Waals surface area contributed by atoms with Gasteiger partial charge >= 0.3 is 0 Å². The van der Waals surface area contributed by atoms with E-state index in [2.05, 4.69) is 10.3 Å². The number of amides is 2. The largest absolute Gasteiger partial charge is 0.454 e. The number of carbonyl (C=O) groups excluding carboxylic acids is 2. The predicted octanol–water partition coefficient (Wildman–Crippen LogP) is 4.52. The summed E-state index contributed by atoms with van der Waals surface area (Å²) in [5, 5.41) is 3.79. The fourth-order valence-electron chi connectivity index (χ4n) is 4.75. The second kappa shape index (κ2) is 9.30. The van der Waals surface area contributed by atoms with E-state index in [1.165, 1.54) is 0 Å². The number of nitrogens with one attached hydrogen (secondary N) is 1. The third kappa shape index (κ3) is 4.22. The van der Waals surface area contributed by atoms with Gasteiger partial charge in [-0.1, -0.05) is 18.2 Å². The first-order valence-electron chi connectivity index (χ1n) is 12.0. The van der Waals surface area contributed by atoms with E-state index in [0.717, 1.165) is 16.5 Å². The molecule has 2 aliphatic rings. The maximum absolute atomic E-state index is 13.6. The van der Waals surface area contributed by atoms with Crippen molar-refractivity contribution in [2.45, 2.75) is 12.8 Å². The van der Waals surface area contributed by atoms with Crippen LogP contribution in [0.5, 0.6) is 11.5 Å². The Morgan fingerprint density at radius 2 is 1.78 bits per heavy atom. The average Bonchev–Trinajstić information content (AvgIpc) is 3.40. The molecule has 8 heteroatoms. The molecule has 0 aliphatic carbocycles. The van der Waals surface area contributed by atoms with E-state index in [0.29, 0.717) is 54.4 Å². The zero-order chi connectivity index (χ0) is 24.5. The summed E-state index contributed by atoms with van der Waals surface area (Å²) in [6, 6.07) is 18.7. The fraction of sp³-hybridized carbons (Fsp3) is 0.214. The number of anilines is 1. The van der Waals surface area contributed by atoms with E-state index < -0.39 is 0 Å². The smallest absolute Gasteiger partial charge is 0.254 e. The monoisotopic (exact) mass is 480 g/mol. The van der Waals surface area contributed by atoms with Crippen LogP contribution < -0.4 is 14.8 Å². The lowest BCUT2D eigenvalue weighted by Gasteiger charge is -2.31. The summed E-state index contributed by atoms with van der Waals surface area (Å²) in [5.41, 5.74) is 3.62. The Balaban J connectivity index is 1.17. The second-order valence-corrected chi connectivity index (χ2v) is 8.94. The SMILES string of the molecule is O=C(Nc1ccc2c(c1)OCO2)C1CCN(C(=O)c2cc(-c3cccnc3)nc3ccccc23)CC1. The number of hydrogen-bond donors (Lipinski definition) is 1. The topological polar surface area (TPSA) is 93.7 Å². The number of piperidine rings is 1. The van der Waals surface area contributed by atoms with Gasteiger partial charge in [0.2, 0.25) is 12.7 Å². The number of aromatic nitrogens is 2. The molecule has 1 fully saturated rings. The number of nitrogens with zero attached hydrogens (tertiary/aromatic N) is 3. The van der Waals surface area contributed by atoms with Gasteiger partial charge in [-0.05, 0) is 49.2 Å². The van der Waals surface area contributed by atoms with Gasteiger partial charge in [0.25, 0.3) is 5.91 Å². The molecular formula is C28H24N4O4. The molecule has 0 radical (unpaired) electrons. The van der Waals surface area contributed by atoms with E-state index in [1.54, 1.807) is 30.6 Å². The molecule has 0 bridgehead atoms. The third-order valence-corrected chi connectivity index (χ3v) is 6.70. The van der Waals surface area contributed by atoms with Crippen molar-refractivity contribution in [1.82, 2.24) is 14.9 Å². The number of benzene rings is 2. The predicted molar refractivity (Wildman–Crippen MR) is 135 cm³/mol. The highest BCUT2D eigenvalue weighted by atomic mass is 16.7. The van der Waals surface area contributed by atoms with E-state index >= 15 is 0 Å². The van der Waals surface area contributed by atoms with E-state index in [9.17, 15) is 9.59 Å². The summed E-state index contributed by atoms with van der Waals surface area (Å²) in [4.78, 5) is 37.3. The van der Waals surface area contributed by atoms with Crippen molar-refractivity contribution < 1.29 is 19.1 Å². The van der Waals surface area contributed by atoms with Crippen LogP contribution in [0.25, 0.3) is 22.2 Å². The molecule has 8 nitrogen and oxygen atoms in total. The van der Waals surface area contributed by atoms with Crippen LogP contribution in [0.15, 0.2) is 73.1 Å². The summed E-state index contributed by atoms with van der Waals surface area (Å²) in [7, 11) is 0. The minimum Gasteiger partial charge on any atom is -0.454 e. The molecule has 36 heavy (non-hydrogen) atoms. The van der Waals surface area contributed by atoms with Crippen LogP contribution in [0.4, 0.5) is 5.69 Å². The lowest BCUT2D eigenvalue weighted by molar-refractivity contribution is -0.121. The minimum absolute atomic E-state index is 0.0470. The van der Waals surface area contributed by atoms with Crippen molar-refractivity contribution in [2.75, 3.05) is 25.2 Å². The van der Waals surface area contributed by atoms with Crippen LogP contribution in [-0.2, 0) is 4.79 Å². The quantitative estimate of drug-likeness (QED) is 0.462. The molecule has 1 saturated heterocycles. The summed E-state index contributed by atoms with van der Waals surface area (Å²) in [6.07, 6.45) is 4.65. The molecule has 180 valence electrons. The van der Waals surface area contributed by atoms with Crippen molar-refractivity contribution in [2.24, 2.45) is 5.92 Å². The van der Waals surface area contributed by atoms with Crippen LogP contribution >= 0.6 is 0 Å². The van der Waals surface area contributed by atoms with Gasteiger partial charge in [-0.3, -0.25) is 14.6 Å². The molecule has 6 rings (SSSR count). The molecule has 4 heterocycles. The summed E-state index contributed by atoms with van der Waals surface area (Å²) in [6.45, 7) is 1.21. The minimum atomic E-state index is -0.167. The van der Waals surface area contributed by atoms with Crippen molar-refractivity contribution in [3.05, 3.63) is 78.6 Å². The van der Waals surface area contributed by atoms with Crippen molar-refractivity contribution in [3.8, 4) is 22.8 Å². The van der Waals surface area contributed by atoms with E-state index in [1.807, 2.05) is 47.4 Å². The van der Waals surface area contributed by atoms with Gasteiger partial charge in [-0.25, -0.2) is 4.98 Å². The Bertz CT molecular complexity index is 1450. The molecule has 2 amide bonds. The van der Waals surface area contributed by atoms with Crippen LogP contribution in [0.1, 0.15) is 23.2 Å². The van der Waals surface area contributed by atoms with Crippen LogP contribution in [-0.4, -0.2) is 46.6 Å². The highest BCUT2D eigenvalue weighted by molar-refractivity contribution is 6.07. The average molecular weight is 481 g/mol. The maximum atomic E-state index is 13.6. The third-order valence-electron chi connectivity index (χ3n) is 6.70. The lowest BCUT2D eigenvalue weighted by Crippen LogP contribution is -2.41. The van der Waals surface area contributed by atoms with Gasteiger partial charge in [-0.2, -0.15) is 0 Å². The fourth-order valence-corrected chi connectivity index (χ4v) is 4.75. The highest BCUT2D eigenvalue weighted by Gasteiger charge is 2.29. The first kappa shape index (κ1) is 22.0. The van der Waals surface area contributed by atoms with E-state index in [-0.39, 0.29) is 24.5 Å². The molecule has 4 aromatic rings. The number of hydrogen-bond acceptors (Lipinski definition) is 6. The molecule has 2 aliphatic heterocycles. The normalized spacial score (nSPS) is 15.2. The molecule has 0 spiro atoms. The number of carbonyl (C=O) groups is 2.